The molecule has 0 aliphatic carbocycles. The zero-order valence-corrected chi connectivity index (χ0v) is 8.23. The maximum absolute atomic E-state index is 10.4. The van der Waals surface area contributed by atoms with E-state index in [4.69, 9.17) is 10.8 Å². The second-order valence-corrected chi connectivity index (χ2v) is 3.47. The number of carbonyl (C=O) groups is 1. The summed E-state index contributed by atoms with van der Waals surface area (Å²) in [5.41, 5.74) is 7.73. The van der Waals surface area contributed by atoms with Gasteiger partial charge in [-0.1, -0.05) is 29.8 Å². The molecule has 0 unspecified atom stereocenters. The molecule has 0 saturated carbocycles. The van der Waals surface area contributed by atoms with Gasteiger partial charge in [0.15, 0.2) is 0 Å². The Bertz CT molecular complexity index is 306. The Morgan fingerprint density at radius 1 is 1.43 bits per heavy atom. The topological polar surface area (TPSA) is 63.3 Å². The van der Waals surface area contributed by atoms with E-state index in [0.717, 1.165) is 5.56 Å². The molecule has 76 valence electrons. The number of hydrogen-bond acceptors (Lipinski definition) is 2. The van der Waals surface area contributed by atoms with Crippen LogP contribution in [0.25, 0.3) is 0 Å². The molecule has 0 aliphatic rings. The molecular formula is C11H15NO2. The monoisotopic (exact) mass is 193 g/mol. The largest absolute Gasteiger partial charge is 0.480 e. The van der Waals surface area contributed by atoms with E-state index in [1.165, 1.54) is 5.56 Å². The van der Waals surface area contributed by atoms with Gasteiger partial charge in [0, 0.05) is 0 Å². The van der Waals surface area contributed by atoms with Crippen molar-refractivity contribution in [2.24, 2.45) is 5.73 Å². The van der Waals surface area contributed by atoms with E-state index in [0.29, 0.717) is 12.8 Å². The molecule has 0 bridgehead atoms. The molecule has 0 saturated heterocycles. The van der Waals surface area contributed by atoms with Crippen molar-refractivity contribution in [3.8, 4) is 0 Å². The highest BCUT2D eigenvalue weighted by atomic mass is 16.4. The Hall–Kier alpha value is -1.35. The van der Waals surface area contributed by atoms with Crippen molar-refractivity contribution in [1.29, 1.82) is 0 Å². The smallest absolute Gasteiger partial charge is 0.320 e. The molecular weight excluding hydrogens is 178 g/mol. The van der Waals surface area contributed by atoms with Crippen LogP contribution in [-0.4, -0.2) is 17.1 Å². The number of aliphatic carboxylic acids is 1. The minimum Gasteiger partial charge on any atom is -0.480 e. The molecule has 3 N–H and O–H groups in total. The van der Waals surface area contributed by atoms with Gasteiger partial charge in [0.2, 0.25) is 0 Å². The van der Waals surface area contributed by atoms with Gasteiger partial charge in [-0.15, -0.1) is 0 Å². The molecule has 1 aromatic carbocycles. The average molecular weight is 193 g/mol. The maximum atomic E-state index is 10.4. The maximum Gasteiger partial charge on any atom is 0.320 e. The molecule has 0 radical (unpaired) electrons. The van der Waals surface area contributed by atoms with Crippen LogP contribution in [0.5, 0.6) is 0 Å². The van der Waals surface area contributed by atoms with Crippen molar-refractivity contribution >= 4 is 5.97 Å². The number of carboxylic acids is 1. The SMILES string of the molecule is Cc1ccc(CC[C@H](N)C(=O)O)cc1. The lowest BCUT2D eigenvalue weighted by Crippen LogP contribution is -2.30. The van der Waals surface area contributed by atoms with Crippen molar-refractivity contribution in [2.75, 3.05) is 0 Å². The molecule has 1 aromatic rings. The summed E-state index contributed by atoms with van der Waals surface area (Å²) >= 11 is 0. The summed E-state index contributed by atoms with van der Waals surface area (Å²) in [4.78, 5) is 10.4. The van der Waals surface area contributed by atoms with E-state index >= 15 is 0 Å². The Labute approximate surface area is 83.6 Å². The fourth-order valence-corrected chi connectivity index (χ4v) is 1.20. The molecule has 0 fully saturated rings. The van der Waals surface area contributed by atoms with Gasteiger partial charge in [0.1, 0.15) is 6.04 Å². The van der Waals surface area contributed by atoms with Crippen molar-refractivity contribution in [1.82, 2.24) is 0 Å². The number of nitrogens with two attached hydrogens (primary N) is 1. The highest BCUT2D eigenvalue weighted by Gasteiger charge is 2.10. The van der Waals surface area contributed by atoms with Gasteiger partial charge in [-0.25, -0.2) is 0 Å². The van der Waals surface area contributed by atoms with E-state index in [9.17, 15) is 4.79 Å². The van der Waals surface area contributed by atoms with Crippen molar-refractivity contribution in [3.63, 3.8) is 0 Å². The normalized spacial score (nSPS) is 12.4. The zero-order chi connectivity index (χ0) is 10.6. The van der Waals surface area contributed by atoms with Crippen LogP contribution in [0.3, 0.4) is 0 Å². The van der Waals surface area contributed by atoms with Gasteiger partial charge < -0.3 is 10.8 Å². The average Bonchev–Trinajstić information content (AvgIpc) is 2.16. The molecule has 0 aromatic heterocycles. The number of benzene rings is 1. The summed E-state index contributed by atoms with van der Waals surface area (Å²) in [6.07, 6.45) is 1.20. The lowest BCUT2D eigenvalue weighted by Gasteiger charge is -2.06. The third-order valence-electron chi connectivity index (χ3n) is 2.18. The molecule has 3 nitrogen and oxygen atoms in total. The Kier molecular flexibility index (Phi) is 3.65. The third kappa shape index (κ3) is 3.18. The molecule has 3 heteroatoms. The van der Waals surface area contributed by atoms with Crippen LogP contribution in [-0.2, 0) is 11.2 Å². The van der Waals surface area contributed by atoms with Crippen LogP contribution in [0.2, 0.25) is 0 Å². The second-order valence-electron chi connectivity index (χ2n) is 3.47. The fraction of sp³-hybridized carbons (Fsp3) is 0.364. The van der Waals surface area contributed by atoms with Crippen molar-refractivity contribution < 1.29 is 9.90 Å². The molecule has 0 heterocycles. The van der Waals surface area contributed by atoms with Gasteiger partial charge in [-0.05, 0) is 25.3 Å². The summed E-state index contributed by atoms with van der Waals surface area (Å²) in [5, 5.41) is 8.58. The predicted molar refractivity (Wildman–Crippen MR) is 55.1 cm³/mol. The van der Waals surface area contributed by atoms with Gasteiger partial charge in [0.05, 0.1) is 0 Å². The van der Waals surface area contributed by atoms with Crippen LogP contribution < -0.4 is 5.73 Å². The highest BCUT2D eigenvalue weighted by molar-refractivity contribution is 5.73. The molecule has 1 rings (SSSR count). The number of carboxylic acid groups (broad SMARTS) is 1. The first-order valence-electron chi connectivity index (χ1n) is 4.63. The Morgan fingerprint density at radius 2 is 2.00 bits per heavy atom. The van der Waals surface area contributed by atoms with Gasteiger partial charge in [0.25, 0.3) is 0 Å². The van der Waals surface area contributed by atoms with E-state index in [1.807, 2.05) is 31.2 Å². The quantitative estimate of drug-likeness (QED) is 0.758. The first-order valence-corrected chi connectivity index (χ1v) is 4.63. The van der Waals surface area contributed by atoms with Crippen LogP contribution >= 0.6 is 0 Å². The summed E-state index contributed by atoms with van der Waals surface area (Å²) in [6.45, 7) is 2.02. The molecule has 1 atom stereocenters. The van der Waals surface area contributed by atoms with Crippen molar-refractivity contribution in [2.45, 2.75) is 25.8 Å². The van der Waals surface area contributed by atoms with E-state index in [1.54, 1.807) is 0 Å². The van der Waals surface area contributed by atoms with Crippen LogP contribution in [0, 0.1) is 6.92 Å². The van der Waals surface area contributed by atoms with E-state index < -0.39 is 12.0 Å². The standard InChI is InChI=1S/C11H15NO2/c1-8-2-4-9(5-3-8)6-7-10(12)11(13)14/h2-5,10H,6-7,12H2,1H3,(H,13,14)/t10-/m0/s1. The summed E-state index contributed by atoms with van der Waals surface area (Å²) in [5.74, 6) is -0.933. The lowest BCUT2D eigenvalue weighted by atomic mass is 10.0. The van der Waals surface area contributed by atoms with Crippen LogP contribution in [0.1, 0.15) is 17.5 Å². The molecule has 0 amide bonds. The summed E-state index contributed by atoms with van der Waals surface area (Å²) in [7, 11) is 0. The van der Waals surface area contributed by atoms with Gasteiger partial charge in [-0.2, -0.15) is 0 Å². The highest BCUT2D eigenvalue weighted by Crippen LogP contribution is 2.06. The van der Waals surface area contributed by atoms with Gasteiger partial charge in [-0.3, -0.25) is 4.79 Å². The number of hydrogen-bond donors (Lipinski definition) is 2. The third-order valence-corrected chi connectivity index (χ3v) is 2.18. The Balaban J connectivity index is 2.46. The molecule has 0 aliphatic heterocycles. The minimum absolute atomic E-state index is 0.485. The lowest BCUT2D eigenvalue weighted by molar-refractivity contribution is -0.138. The Morgan fingerprint density at radius 3 is 2.50 bits per heavy atom. The van der Waals surface area contributed by atoms with E-state index in [2.05, 4.69) is 0 Å². The van der Waals surface area contributed by atoms with Gasteiger partial charge >= 0.3 is 5.97 Å². The fourth-order valence-electron chi connectivity index (χ4n) is 1.20. The minimum atomic E-state index is -0.933. The first kappa shape index (κ1) is 10.7. The summed E-state index contributed by atoms with van der Waals surface area (Å²) < 4.78 is 0. The predicted octanol–water partition coefficient (Wildman–Crippen LogP) is 1.34. The molecule has 14 heavy (non-hydrogen) atoms. The summed E-state index contributed by atoms with van der Waals surface area (Å²) in [6, 6.07) is 7.29. The number of rotatable bonds is 4. The van der Waals surface area contributed by atoms with Crippen LogP contribution in [0.15, 0.2) is 24.3 Å². The molecule has 0 spiro atoms. The number of aryl methyl sites for hydroxylation is 2. The van der Waals surface area contributed by atoms with Crippen molar-refractivity contribution in [3.05, 3.63) is 35.4 Å². The van der Waals surface area contributed by atoms with Crippen LogP contribution in [0.4, 0.5) is 0 Å². The van der Waals surface area contributed by atoms with E-state index in [-0.39, 0.29) is 0 Å². The first-order chi connectivity index (χ1) is 6.59. The zero-order valence-electron chi connectivity index (χ0n) is 8.23. The second kappa shape index (κ2) is 4.77.